The van der Waals surface area contributed by atoms with Gasteiger partial charge in [-0.25, -0.2) is 0 Å². The van der Waals surface area contributed by atoms with Gasteiger partial charge >= 0.3 is 0 Å². The molecule has 1 rings (SSSR count). The zero-order valence-corrected chi connectivity index (χ0v) is 7.84. The molecule has 0 spiro atoms. The zero-order chi connectivity index (χ0) is 8.27. The van der Waals surface area contributed by atoms with E-state index in [1.165, 1.54) is 6.54 Å². The number of morpholine rings is 1. The molecule has 1 unspecified atom stereocenters. The van der Waals surface area contributed by atoms with Crippen LogP contribution in [0.1, 0.15) is 20.8 Å². The Bertz CT molecular complexity index is 112. The van der Waals surface area contributed by atoms with Crippen LogP contribution < -0.4 is 0 Å². The molecule has 0 aliphatic carbocycles. The van der Waals surface area contributed by atoms with Crippen LogP contribution in [0.2, 0.25) is 0 Å². The third-order valence-electron chi connectivity index (χ3n) is 1.95. The predicted molar refractivity (Wildman–Crippen MR) is 46.7 cm³/mol. The molecule has 1 aliphatic rings. The first-order valence-corrected chi connectivity index (χ1v) is 4.52. The summed E-state index contributed by atoms with van der Waals surface area (Å²) in [6.07, 6.45) is 0.433. The lowest BCUT2D eigenvalue weighted by atomic mass is 10.2. The fourth-order valence-corrected chi connectivity index (χ4v) is 1.57. The first-order valence-electron chi connectivity index (χ1n) is 4.52. The van der Waals surface area contributed by atoms with Crippen molar-refractivity contribution in [3.05, 3.63) is 0 Å². The second-order valence-corrected chi connectivity index (χ2v) is 3.83. The first kappa shape index (κ1) is 9.01. The second-order valence-electron chi connectivity index (χ2n) is 3.83. The van der Waals surface area contributed by atoms with Crippen molar-refractivity contribution in [2.75, 3.05) is 26.2 Å². The molecule has 0 bridgehead atoms. The van der Waals surface area contributed by atoms with E-state index >= 15 is 0 Å². The highest BCUT2D eigenvalue weighted by molar-refractivity contribution is 4.68. The average molecular weight is 157 g/mol. The monoisotopic (exact) mass is 157 g/mol. The van der Waals surface area contributed by atoms with E-state index in [1.54, 1.807) is 0 Å². The van der Waals surface area contributed by atoms with Gasteiger partial charge in [0.25, 0.3) is 0 Å². The Morgan fingerprint density at radius 2 is 2.27 bits per heavy atom. The Morgan fingerprint density at radius 1 is 1.55 bits per heavy atom. The summed E-state index contributed by atoms with van der Waals surface area (Å²) in [5.74, 6) is 0.778. The van der Waals surface area contributed by atoms with Crippen LogP contribution in [0, 0.1) is 5.92 Å². The van der Waals surface area contributed by atoms with Gasteiger partial charge in [-0.2, -0.15) is 0 Å². The summed E-state index contributed by atoms with van der Waals surface area (Å²) in [6, 6.07) is 0. The highest BCUT2D eigenvalue weighted by atomic mass is 16.5. The molecule has 0 aromatic carbocycles. The summed E-state index contributed by atoms with van der Waals surface area (Å²) in [5.41, 5.74) is 0. The quantitative estimate of drug-likeness (QED) is 0.600. The molecule has 1 fully saturated rings. The Labute approximate surface area is 69.5 Å². The minimum Gasteiger partial charge on any atom is -0.376 e. The van der Waals surface area contributed by atoms with E-state index in [1.807, 2.05) is 0 Å². The van der Waals surface area contributed by atoms with Crippen molar-refractivity contribution in [1.82, 2.24) is 4.90 Å². The third kappa shape index (κ3) is 3.21. The molecule has 0 radical (unpaired) electrons. The summed E-state index contributed by atoms with van der Waals surface area (Å²) in [6.45, 7) is 11.0. The van der Waals surface area contributed by atoms with E-state index in [4.69, 9.17) is 4.74 Å². The molecule has 1 heterocycles. The fourth-order valence-electron chi connectivity index (χ4n) is 1.57. The largest absolute Gasteiger partial charge is 0.376 e. The van der Waals surface area contributed by atoms with Gasteiger partial charge in [0.05, 0.1) is 12.7 Å². The topological polar surface area (TPSA) is 12.5 Å². The minimum absolute atomic E-state index is 0.433. The van der Waals surface area contributed by atoms with Crippen molar-refractivity contribution in [3.8, 4) is 0 Å². The maximum Gasteiger partial charge on any atom is 0.0674 e. The van der Waals surface area contributed by atoms with Gasteiger partial charge in [0.2, 0.25) is 0 Å². The van der Waals surface area contributed by atoms with Gasteiger partial charge in [-0.15, -0.1) is 0 Å². The summed E-state index contributed by atoms with van der Waals surface area (Å²) in [7, 11) is 0. The van der Waals surface area contributed by atoms with Crippen LogP contribution >= 0.6 is 0 Å². The second kappa shape index (κ2) is 4.07. The van der Waals surface area contributed by atoms with Gasteiger partial charge in [-0.05, 0) is 12.8 Å². The lowest BCUT2D eigenvalue weighted by Crippen LogP contribution is -2.42. The third-order valence-corrected chi connectivity index (χ3v) is 1.95. The van der Waals surface area contributed by atoms with Crippen LogP contribution in [-0.4, -0.2) is 37.2 Å². The van der Waals surface area contributed by atoms with Crippen LogP contribution in [0.3, 0.4) is 0 Å². The molecule has 1 saturated heterocycles. The van der Waals surface area contributed by atoms with Crippen LogP contribution in [0.5, 0.6) is 0 Å². The van der Waals surface area contributed by atoms with Crippen LogP contribution in [-0.2, 0) is 4.74 Å². The molecule has 11 heavy (non-hydrogen) atoms. The number of hydrogen-bond acceptors (Lipinski definition) is 2. The maximum atomic E-state index is 5.45. The smallest absolute Gasteiger partial charge is 0.0674 e. The number of hydrogen-bond donors (Lipinski definition) is 0. The van der Waals surface area contributed by atoms with Crippen molar-refractivity contribution in [1.29, 1.82) is 0 Å². The first-order chi connectivity index (χ1) is 5.18. The number of nitrogens with zero attached hydrogens (tertiary/aromatic N) is 1. The molecule has 2 heteroatoms. The maximum absolute atomic E-state index is 5.45. The Morgan fingerprint density at radius 3 is 2.82 bits per heavy atom. The van der Waals surface area contributed by atoms with E-state index in [-0.39, 0.29) is 0 Å². The van der Waals surface area contributed by atoms with Crippen LogP contribution in [0.25, 0.3) is 0 Å². The lowest BCUT2D eigenvalue weighted by Gasteiger charge is -2.32. The van der Waals surface area contributed by atoms with Gasteiger partial charge < -0.3 is 4.74 Å². The Hall–Kier alpha value is -0.0800. The SMILES string of the molecule is CC(C)CN1CCOC(C)C1. The molecule has 0 saturated carbocycles. The summed E-state index contributed by atoms with van der Waals surface area (Å²) < 4.78 is 5.45. The van der Waals surface area contributed by atoms with Crippen LogP contribution in [0.15, 0.2) is 0 Å². The predicted octanol–water partition coefficient (Wildman–Crippen LogP) is 1.36. The van der Waals surface area contributed by atoms with Crippen LogP contribution in [0.4, 0.5) is 0 Å². The van der Waals surface area contributed by atoms with Crippen molar-refractivity contribution < 1.29 is 4.74 Å². The van der Waals surface area contributed by atoms with Crippen molar-refractivity contribution in [2.45, 2.75) is 26.9 Å². The van der Waals surface area contributed by atoms with E-state index in [0.717, 1.165) is 25.6 Å². The summed E-state index contributed by atoms with van der Waals surface area (Å²) in [5, 5.41) is 0. The van der Waals surface area contributed by atoms with Gasteiger partial charge in [-0.1, -0.05) is 13.8 Å². The lowest BCUT2D eigenvalue weighted by molar-refractivity contribution is -0.0216. The molecule has 0 aromatic rings. The number of ether oxygens (including phenoxy) is 1. The molecular weight excluding hydrogens is 138 g/mol. The van der Waals surface area contributed by atoms with Gasteiger partial charge in [-0.3, -0.25) is 4.90 Å². The van der Waals surface area contributed by atoms with Gasteiger partial charge in [0.15, 0.2) is 0 Å². The van der Waals surface area contributed by atoms with Gasteiger partial charge in [0.1, 0.15) is 0 Å². The molecule has 2 nitrogen and oxygen atoms in total. The highest BCUT2D eigenvalue weighted by Crippen LogP contribution is 2.06. The average Bonchev–Trinajstić information content (AvgIpc) is 1.85. The minimum atomic E-state index is 0.433. The zero-order valence-electron chi connectivity index (χ0n) is 7.84. The molecular formula is C9H19NO. The van der Waals surface area contributed by atoms with E-state index in [9.17, 15) is 0 Å². The number of rotatable bonds is 2. The van der Waals surface area contributed by atoms with E-state index in [0.29, 0.717) is 6.10 Å². The molecule has 0 aromatic heterocycles. The van der Waals surface area contributed by atoms with Crippen molar-refractivity contribution >= 4 is 0 Å². The molecule has 1 atom stereocenters. The Balaban J connectivity index is 2.23. The van der Waals surface area contributed by atoms with E-state index < -0.39 is 0 Å². The summed E-state index contributed by atoms with van der Waals surface area (Å²) in [4.78, 5) is 2.48. The van der Waals surface area contributed by atoms with Crippen molar-refractivity contribution in [2.24, 2.45) is 5.92 Å². The normalized spacial score (nSPS) is 27.8. The molecule has 66 valence electrons. The molecule has 1 aliphatic heterocycles. The van der Waals surface area contributed by atoms with Crippen molar-refractivity contribution in [3.63, 3.8) is 0 Å². The summed E-state index contributed by atoms with van der Waals surface area (Å²) >= 11 is 0. The Kier molecular flexibility index (Phi) is 3.34. The highest BCUT2D eigenvalue weighted by Gasteiger charge is 2.16. The van der Waals surface area contributed by atoms with E-state index in [2.05, 4.69) is 25.7 Å². The molecule has 0 N–H and O–H groups in total. The standard InChI is InChI=1S/C9H19NO/c1-8(2)6-10-4-5-11-9(3)7-10/h8-9H,4-7H2,1-3H3. The van der Waals surface area contributed by atoms with Gasteiger partial charge in [0, 0.05) is 19.6 Å². The molecule has 0 amide bonds. The fraction of sp³-hybridized carbons (Fsp3) is 1.00.